The lowest BCUT2D eigenvalue weighted by atomic mass is 10.0. The fraction of sp³-hybridized carbons (Fsp3) is 0.394. The van der Waals surface area contributed by atoms with E-state index in [2.05, 4.69) is 26.2 Å². The Balaban J connectivity index is 0.952. The maximum absolute atomic E-state index is 13.1. The zero-order valence-electron chi connectivity index (χ0n) is 24.6. The number of piperazine rings is 1. The van der Waals surface area contributed by atoms with Gasteiger partial charge in [-0.1, -0.05) is 12.1 Å². The number of carbonyl (C=O) groups excluding carboxylic acids is 2. The molecule has 2 aromatic carbocycles. The normalized spacial score (nSPS) is 18.1. The van der Waals surface area contributed by atoms with Crippen molar-refractivity contribution in [2.24, 2.45) is 0 Å². The summed E-state index contributed by atoms with van der Waals surface area (Å²) in [6, 6.07) is 20.2. The summed E-state index contributed by atoms with van der Waals surface area (Å²) < 4.78 is 24.9. The van der Waals surface area contributed by atoms with Crippen LogP contribution in [0.15, 0.2) is 71.8 Å². The molecule has 2 aliphatic heterocycles. The summed E-state index contributed by atoms with van der Waals surface area (Å²) in [4.78, 5) is 37.0. The molecular formula is C33H36N6O4S. The van der Waals surface area contributed by atoms with Crippen molar-refractivity contribution in [1.29, 1.82) is 5.26 Å². The summed E-state index contributed by atoms with van der Waals surface area (Å²) in [5.41, 5.74) is 3.50. The minimum absolute atomic E-state index is 0.0675. The van der Waals surface area contributed by atoms with Crippen LogP contribution in [0.3, 0.4) is 0 Å². The first-order valence-electron chi connectivity index (χ1n) is 15.2. The molecule has 1 saturated carbocycles. The van der Waals surface area contributed by atoms with E-state index in [0.717, 1.165) is 51.0 Å². The Morgan fingerprint density at radius 2 is 1.55 bits per heavy atom. The number of pyridine rings is 1. The molecule has 1 aromatic heterocycles. The predicted molar refractivity (Wildman–Crippen MR) is 166 cm³/mol. The number of nitrogens with zero attached hydrogens (tertiary/aromatic N) is 5. The number of sulfone groups is 1. The van der Waals surface area contributed by atoms with Crippen molar-refractivity contribution in [3.8, 4) is 6.07 Å². The quantitative estimate of drug-likeness (QED) is 0.411. The van der Waals surface area contributed by atoms with Crippen LogP contribution in [-0.2, 0) is 16.4 Å². The average Bonchev–Trinajstić information content (AvgIpc) is 3.93. The average molecular weight is 613 g/mol. The van der Waals surface area contributed by atoms with Crippen molar-refractivity contribution in [3.05, 3.63) is 89.2 Å². The monoisotopic (exact) mass is 612 g/mol. The van der Waals surface area contributed by atoms with Gasteiger partial charge in [-0.3, -0.25) is 19.5 Å². The Morgan fingerprint density at radius 3 is 2.14 bits per heavy atom. The van der Waals surface area contributed by atoms with Gasteiger partial charge >= 0.3 is 0 Å². The molecule has 0 radical (unpaired) electrons. The van der Waals surface area contributed by atoms with E-state index in [1.807, 2.05) is 36.4 Å². The van der Waals surface area contributed by atoms with Crippen LogP contribution in [0.5, 0.6) is 0 Å². The van der Waals surface area contributed by atoms with Gasteiger partial charge in [0.1, 0.15) is 5.69 Å². The van der Waals surface area contributed by atoms with Crippen LogP contribution in [0.2, 0.25) is 0 Å². The fourth-order valence-electron chi connectivity index (χ4n) is 5.86. The van der Waals surface area contributed by atoms with Gasteiger partial charge in [0.2, 0.25) is 0 Å². The Labute approximate surface area is 258 Å². The molecule has 44 heavy (non-hydrogen) atoms. The highest BCUT2D eigenvalue weighted by Gasteiger charge is 2.37. The van der Waals surface area contributed by atoms with E-state index in [1.165, 1.54) is 11.8 Å². The number of piperidine rings is 1. The molecule has 3 aliphatic rings. The largest absolute Gasteiger partial charge is 0.368 e. The SMILES string of the molecule is N#Cc1ccc(CN2CCC(NC(=O)c3ccc(C(=O)N4CCN(c5ccc(S(=O)(=O)C6CC6)cc5)CC4)cn3)CC2)cc1. The van der Waals surface area contributed by atoms with Crippen LogP contribution in [0.1, 0.15) is 57.7 Å². The third-order valence-electron chi connectivity index (χ3n) is 8.72. The van der Waals surface area contributed by atoms with Gasteiger partial charge in [-0.05, 0) is 79.8 Å². The van der Waals surface area contributed by atoms with E-state index < -0.39 is 9.84 Å². The van der Waals surface area contributed by atoms with Crippen LogP contribution in [-0.4, -0.2) is 85.6 Å². The summed E-state index contributed by atoms with van der Waals surface area (Å²) in [6.45, 7) is 4.90. The molecule has 0 unspecified atom stereocenters. The van der Waals surface area contributed by atoms with Gasteiger partial charge in [0, 0.05) is 63.7 Å². The van der Waals surface area contributed by atoms with E-state index >= 15 is 0 Å². The highest BCUT2D eigenvalue weighted by molar-refractivity contribution is 7.92. The molecule has 10 nitrogen and oxygen atoms in total. The number of carbonyl (C=O) groups is 2. The van der Waals surface area contributed by atoms with Crippen molar-refractivity contribution in [3.63, 3.8) is 0 Å². The molecule has 3 aromatic rings. The van der Waals surface area contributed by atoms with Gasteiger partial charge < -0.3 is 15.1 Å². The third-order valence-corrected chi connectivity index (χ3v) is 11.0. The molecule has 228 valence electrons. The van der Waals surface area contributed by atoms with Crippen molar-refractivity contribution in [1.82, 2.24) is 20.1 Å². The van der Waals surface area contributed by atoms with Crippen molar-refractivity contribution >= 4 is 27.3 Å². The number of anilines is 1. The molecule has 2 amide bonds. The maximum Gasteiger partial charge on any atom is 0.270 e. The summed E-state index contributed by atoms with van der Waals surface area (Å²) in [7, 11) is -3.21. The zero-order chi connectivity index (χ0) is 30.7. The second kappa shape index (κ2) is 12.8. The number of nitrogens with one attached hydrogen (secondary N) is 1. The second-order valence-corrected chi connectivity index (χ2v) is 14.0. The number of aromatic nitrogens is 1. The predicted octanol–water partition coefficient (Wildman–Crippen LogP) is 3.25. The fourth-order valence-corrected chi connectivity index (χ4v) is 7.52. The summed E-state index contributed by atoms with van der Waals surface area (Å²) >= 11 is 0. The maximum atomic E-state index is 13.1. The summed E-state index contributed by atoms with van der Waals surface area (Å²) in [6.07, 6.45) is 4.65. The van der Waals surface area contributed by atoms with Crippen molar-refractivity contribution in [2.75, 3.05) is 44.2 Å². The second-order valence-electron chi connectivity index (χ2n) is 11.8. The van der Waals surface area contributed by atoms with Crippen molar-refractivity contribution < 1.29 is 18.0 Å². The van der Waals surface area contributed by atoms with Gasteiger partial charge in [-0.2, -0.15) is 5.26 Å². The number of benzene rings is 2. The number of hydrogen-bond acceptors (Lipinski definition) is 8. The summed E-state index contributed by atoms with van der Waals surface area (Å²) in [5, 5.41) is 11.8. The lowest BCUT2D eigenvalue weighted by Crippen LogP contribution is -2.48. The Kier molecular flexibility index (Phi) is 8.64. The first-order chi connectivity index (χ1) is 21.3. The van der Waals surface area contributed by atoms with Crippen LogP contribution in [0.4, 0.5) is 5.69 Å². The topological polar surface area (TPSA) is 127 Å². The number of nitriles is 1. The third kappa shape index (κ3) is 6.77. The molecule has 3 fully saturated rings. The van der Waals surface area contributed by atoms with Crippen molar-refractivity contribution in [2.45, 2.75) is 48.4 Å². The number of likely N-dealkylation sites (tertiary alicyclic amines) is 1. The zero-order valence-corrected chi connectivity index (χ0v) is 25.4. The van der Waals surface area contributed by atoms with E-state index in [1.54, 1.807) is 29.2 Å². The molecule has 0 spiro atoms. The van der Waals surface area contributed by atoms with Gasteiger partial charge in [0.15, 0.2) is 9.84 Å². The Morgan fingerprint density at radius 1 is 0.864 bits per heavy atom. The smallest absolute Gasteiger partial charge is 0.270 e. The molecule has 1 aliphatic carbocycles. The van der Waals surface area contributed by atoms with E-state index in [0.29, 0.717) is 47.9 Å². The van der Waals surface area contributed by atoms with Crippen LogP contribution in [0, 0.1) is 11.3 Å². The van der Waals surface area contributed by atoms with Gasteiger partial charge in [-0.25, -0.2) is 8.42 Å². The molecule has 0 bridgehead atoms. The standard InChI is InChI=1S/C33H36N6O4S/c34-21-24-1-3-25(4-2-24)23-37-15-13-27(14-16-37)36-32(40)31-12-5-26(22-35-31)33(41)39-19-17-38(18-20-39)28-6-8-29(9-7-28)44(42,43)30-10-11-30/h1-9,12,22,27,30H,10-11,13-20,23H2,(H,36,40). The van der Waals surface area contributed by atoms with Crippen LogP contribution in [0.25, 0.3) is 0 Å². The molecule has 1 N–H and O–H groups in total. The Bertz CT molecular complexity index is 1630. The Hall–Kier alpha value is -4.27. The lowest BCUT2D eigenvalue weighted by Gasteiger charge is -2.36. The minimum Gasteiger partial charge on any atom is -0.368 e. The first kappa shape index (κ1) is 29.8. The molecular weight excluding hydrogens is 576 g/mol. The van der Waals surface area contributed by atoms with Gasteiger partial charge in [0.25, 0.3) is 11.8 Å². The highest BCUT2D eigenvalue weighted by atomic mass is 32.2. The molecule has 11 heteroatoms. The van der Waals surface area contributed by atoms with E-state index in [9.17, 15) is 18.0 Å². The first-order valence-corrected chi connectivity index (χ1v) is 16.7. The lowest BCUT2D eigenvalue weighted by molar-refractivity contribution is 0.0745. The van der Waals surface area contributed by atoms with Crippen LogP contribution < -0.4 is 10.2 Å². The number of amides is 2. The molecule has 3 heterocycles. The number of hydrogen-bond donors (Lipinski definition) is 1. The minimum atomic E-state index is -3.21. The molecule has 0 atom stereocenters. The van der Waals surface area contributed by atoms with Gasteiger partial charge in [0.05, 0.1) is 27.3 Å². The van der Waals surface area contributed by atoms with Gasteiger partial charge in [-0.15, -0.1) is 0 Å². The summed E-state index contributed by atoms with van der Waals surface area (Å²) in [5.74, 6) is -0.358. The van der Waals surface area contributed by atoms with E-state index in [4.69, 9.17) is 5.26 Å². The highest BCUT2D eigenvalue weighted by Crippen LogP contribution is 2.34. The molecule has 6 rings (SSSR count). The van der Waals surface area contributed by atoms with E-state index in [-0.39, 0.29) is 23.1 Å². The van der Waals surface area contributed by atoms with Crippen LogP contribution >= 0.6 is 0 Å². The number of rotatable bonds is 8. The molecule has 2 saturated heterocycles.